The number of carbonyl (C=O) groups excluding carboxylic acids is 5. The van der Waals surface area contributed by atoms with Gasteiger partial charge in [0.2, 0.25) is 37.1 Å². The van der Waals surface area contributed by atoms with Gasteiger partial charge in [0.1, 0.15) is 55.2 Å². The van der Waals surface area contributed by atoms with Gasteiger partial charge in [-0.1, -0.05) is 35.6 Å². The number of aliphatic hydroxyl groups is 9. The molecule has 0 radical (unpaired) electrons. The number of hydrogen-bond donors (Lipinski definition) is 15. The first-order valence-electron chi connectivity index (χ1n) is 27.5. The van der Waals surface area contributed by atoms with Crippen LogP contribution in [0.2, 0.25) is 0 Å². The third kappa shape index (κ3) is 27.9. The summed E-state index contributed by atoms with van der Waals surface area (Å²) >= 11 is 0. The van der Waals surface area contributed by atoms with Gasteiger partial charge >= 0.3 is 0 Å². The zero-order chi connectivity index (χ0) is 60.8. The highest BCUT2D eigenvalue weighted by atomic mass is 31.2. The molecule has 3 saturated heterocycles. The Hall–Kier alpha value is -3.19. The fourth-order valence-corrected chi connectivity index (χ4v) is 9.02. The van der Waals surface area contributed by atoms with Gasteiger partial charge in [-0.05, 0) is 32.0 Å². The maximum atomic E-state index is 13.6. The topological polar surface area (TPSA) is 449 Å². The molecule has 0 aliphatic carbocycles. The summed E-state index contributed by atoms with van der Waals surface area (Å²) in [5.41, 5.74) is -1.65. The standard InChI is InChI=1S/C50H92N5O26P.2CH4.5H2/c1-30-41(64)44(67)33(23-56)79-47(30)75-16-6-12-51-36(59)10-20-72-27-50(55-39(62)22-38(61)53-15-9-19-78-82(5,70)71-4,29-74-26-40(63)54-14-8-18-77-49-32(3)43(66)46(69)35(25-58)81-49)28-73-21-11-37(60)52-13-7-17-76-48-31(2)42(65)45(68)34(24-57)80-48;;;;;;;/h30-35,41-49,56-58,64-70H,5-29H2,1-4H3,(H,51,59)(H,52,60)(H,53,61)(H,54,63)(H,55,62);2*1H4;5*1H/t30?,31?,32?,33?,34?,35?,41-,42-,43-,44+,45+,46+,47-,48-,49-,50?,82?;;;;;;;/m1......./s1. The number of amides is 5. The second kappa shape index (κ2) is 41.9. The molecule has 7 unspecified atom stereocenters. The van der Waals surface area contributed by atoms with E-state index in [9.17, 15) is 74.8 Å². The van der Waals surface area contributed by atoms with Crippen LogP contribution in [0.25, 0.3) is 0 Å². The smallest absolute Gasteiger partial charge is 0.247 e. The lowest BCUT2D eigenvalue weighted by Crippen LogP contribution is -2.59. The number of aliphatic hydroxyl groups excluding tert-OH is 9. The SMILES string of the molecule is C.C.C=P(O)(OC)OCCCNC(=O)CC(=O)NC(COCCC(=O)NCCCO[C@@H]1OC(CO)[C@H](O)[C@H](O)C1C)(COCCC(=O)NCCCO[C@@H]1OC(CO)[C@H](O)[C@H](O)C1C)COCC(=O)NCCCO[C@@H]1OC(CO)[C@H](O)[C@H](O)C1C.[HH].[HH].[HH].[HH].[HH]. The molecule has 16 atom stereocenters. The van der Waals surface area contributed by atoms with Crippen molar-refractivity contribution in [3.05, 3.63) is 0 Å². The molecule has 5 amide bonds. The van der Waals surface area contributed by atoms with E-state index in [0.717, 1.165) is 0 Å². The quantitative estimate of drug-likeness (QED) is 0.0162. The third-order valence-corrected chi connectivity index (χ3v) is 14.8. The second-order valence-corrected chi connectivity index (χ2v) is 22.3. The Balaban J connectivity index is -0.00000336. The van der Waals surface area contributed by atoms with Crippen molar-refractivity contribution in [2.75, 3.05) is 119 Å². The average molecular weight is 1250 g/mol. The van der Waals surface area contributed by atoms with Crippen LogP contribution in [-0.4, -0.2) is 285 Å². The van der Waals surface area contributed by atoms with Crippen molar-refractivity contribution in [2.45, 2.75) is 160 Å². The van der Waals surface area contributed by atoms with Crippen molar-refractivity contribution in [2.24, 2.45) is 17.8 Å². The third-order valence-electron chi connectivity index (χ3n) is 13.6. The van der Waals surface area contributed by atoms with E-state index < -0.39 is 187 Å². The summed E-state index contributed by atoms with van der Waals surface area (Å²) in [6.07, 6.45) is -9.74. The Labute approximate surface area is 499 Å². The maximum Gasteiger partial charge on any atom is 0.247 e. The van der Waals surface area contributed by atoms with E-state index in [1.807, 2.05) is 0 Å². The summed E-state index contributed by atoms with van der Waals surface area (Å²) in [6.45, 7) is 1.77. The largest absolute Gasteiger partial charge is 0.394 e. The minimum Gasteiger partial charge on any atom is -0.394 e. The van der Waals surface area contributed by atoms with Crippen LogP contribution in [0.15, 0.2) is 0 Å². The molecular weight excluding hydrogens is 1140 g/mol. The highest BCUT2D eigenvalue weighted by Crippen LogP contribution is 2.41. The minimum atomic E-state index is -3.26. The number of carbonyl (C=O) groups is 5. The summed E-state index contributed by atoms with van der Waals surface area (Å²) in [6, 6.07) is 0. The van der Waals surface area contributed by atoms with Crippen molar-refractivity contribution in [1.29, 1.82) is 0 Å². The van der Waals surface area contributed by atoms with Crippen LogP contribution >= 0.6 is 7.57 Å². The fourth-order valence-electron chi connectivity index (χ4n) is 8.50. The molecule has 0 aromatic carbocycles. The molecule has 0 bridgehead atoms. The Bertz CT molecular complexity index is 1880. The molecule has 15 N–H and O–H groups in total. The Morgan fingerprint density at radius 1 is 0.512 bits per heavy atom. The highest BCUT2D eigenvalue weighted by Gasteiger charge is 2.45. The highest BCUT2D eigenvalue weighted by molar-refractivity contribution is 7.58. The molecule has 3 aliphatic heterocycles. The predicted octanol–water partition coefficient (Wildman–Crippen LogP) is -3.29. The molecule has 84 heavy (non-hydrogen) atoms. The van der Waals surface area contributed by atoms with Gasteiger partial charge in [-0.25, -0.2) is 0 Å². The summed E-state index contributed by atoms with van der Waals surface area (Å²) in [5.74, 6) is -4.78. The van der Waals surface area contributed by atoms with Gasteiger partial charge < -0.3 is 129 Å². The lowest BCUT2D eigenvalue weighted by Gasteiger charge is -2.40. The molecule has 3 heterocycles. The summed E-state index contributed by atoms with van der Waals surface area (Å²) in [5, 5.41) is 103. The Morgan fingerprint density at radius 2 is 0.857 bits per heavy atom. The van der Waals surface area contributed by atoms with E-state index >= 15 is 0 Å². The normalized spacial score (nSPS) is 29.2. The zero-order valence-electron chi connectivity index (χ0n) is 47.3. The number of ether oxygens (including phenoxy) is 9. The number of nitrogens with one attached hydrogen (secondary N) is 5. The lowest BCUT2D eigenvalue weighted by molar-refractivity contribution is -0.282. The molecule has 32 heteroatoms. The first-order valence-corrected chi connectivity index (χ1v) is 29.3. The van der Waals surface area contributed by atoms with Gasteiger partial charge in [0.05, 0.1) is 97.6 Å². The molecule has 0 saturated carbocycles. The van der Waals surface area contributed by atoms with Gasteiger partial charge in [-0.15, -0.1) is 0 Å². The molecule has 0 aromatic rings. The molecule has 0 spiro atoms. The summed E-state index contributed by atoms with van der Waals surface area (Å²) in [7, 11) is -2.03. The van der Waals surface area contributed by atoms with Crippen molar-refractivity contribution >= 4 is 43.4 Å². The maximum absolute atomic E-state index is 13.6. The van der Waals surface area contributed by atoms with E-state index in [1.54, 1.807) is 20.8 Å². The van der Waals surface area contributed by atoms with Crippen molar-refractivity contribution in [3.63, 3.8) is 0 Å². The van der Waals surface area contributed by atoms with Gasteiger partial charge in [0.15, 0.2) is 18.9 Å². The van der Waals surface area contributed by atoms with Crippen molar-refractivity contribution < 1.29 is 134 Å². The fraction of sp³-hybridized carbons (Fsp3) is 0.885. The van der Waals surface area contributed by atoms with Gasteiger partial charge in [-0.3, -0.25) is 24.0 Å². The summed E-state index contributed by atoms with van der Waals surface area (Å²) in [4.78, 5) is 75.2. The van der Waals surface area contributed by atoms with Gasteiger partial charge in [-0.2, -0.15) is 0 Å². The van der Waals surface area contributed by atoms with E-state index in [-0.39, 0.29) is 113 Å². The van der Waals surface area contributed by atoms with Crippen molar-refractivity contribution in [1.82, 2.24) is 26.6 Å². The first kappa shape index (κ1) is 78.8. The lowest BCUT2D eigenvalue weighted by atomic mass is 9.92. The van der Waals surface area contributed by atoms with Gasteiger partial charge in [0.25, 0.3) is 0 Å². The van der Waals surface area contributed by atoms with Crippen LogP contribution in [0.5, 0.6) is 0 Å². The number of rotatable bonds is 41. The van der Waals surface area contributed by atoms with E-state index in [4.69, 9.17) is 51.7 Å². The van der Waals surface area contributed by atoms with Gasteiger partial charge in [0, 0.05) is 71.0 Å². The van der Waals surface area contributed by atoms with E-state index in [0.29, 0.717) is 12.8 Å². The van der Waals surface area contributed by atoms with Crippen molar-refractivity contribution in [3.8, 4) is 0 Å². The molecular formula is C52H110N5O26P. The van der Waals surface area contributed by atoms with Crippen LogP contribution in [0.4, 0.5) is 0 Å². The average Bonchev–Trinajstić information content (AvgIpc) is 1.66. The van der Waals surface area contributed by atoms with Crippen LogP contribution in [0.1, 0.15) is 87.7 Å². The Kier molecular flexibility index (Phi) is 39.3. The van der Waals surface area contributed by atoms with Crippen LogP contribution in [-0.2, 0) is 75.7 Å². The van der Waals surface area contributed by atoms with Crippen LogP contribution < -0.4 is 26.6 Å². The van der Waals surface area contributed by atoms with Crippen LogP contribution in [0.3, 0.4) is 0 Å². The molecule has 31 nitrogen and oxygen atoms in total. The molecule has 3 fully saturated rings. The first-order chi connectivity index (χ1) is 39.0. The zero-order valence-corrected chi connectivity index (χ0v) is 48.2. The molecule has 3 aliphatic rings. The van der Waals surface area contributed by atoms with Crippen LogP contribution in [0, 0.1) is 17.8 Å². The van der Waals surface area contributed by atoms with E-state index in [2.05, 4.69) is 32.9 Å². The molecule has 3 rings (SSSR count). The number of hydrogen-bond acceptors (Lipinski definition) is 26. The second-order valence-electron chi connectivity index (χ2n) is 20.4. The minimum absolute atomic E-state index is 0. The van der Waals surface area contributed by atoms with E-state index in [1.165, 1.54) is 7.11 Å². The Morgan fingerprint density at radius 3 is 1.23 bits per heavy atom. The molecule has 504 valence electrons. The monoisotopic (exact) mass is 1250 g/mol. The predicted molar refractivity (Wildman–Crippen MR) is 310 cm³/mol. The molecule has 0 aromatic heterocycles. The summed E-state index contributed by atoms with van der Waals surface area (Å²) < 4.78 is 61.5.